The summed E-state index contributed by atoms with van der Waals surface area (Å²) in [7, 11) is 1.58. The summed E-state index contributed by atoms with van der Waals surface area (Å²) < 4.78 is 11.3. The molecule has 1 aliphatic rings. The first-order chi connectivity index (χ1) is 9.74. The minimum atomic E-state index is -0.922. The van der Waals surface area contributed by atoms with Crippen LogP contribution in [-0.2, 0) is 9.61 Å². The number of methoxy groups -OCH3 is 1. The monoisotopic (exact) mass is 287 g/mol. The van der Waals surface area contributed by atoms with Crippen LogP contribution in [0.2, 0.25) is 0 Å². The third-order valence-corrected chi connectivity index (χ3v) is 3.77. The minimum Gasteiger partial charge on any atom is -0.489 e. The predicted molar refractivity (Wildman–Crippen MR) is 80.0 cm³/mol. The molecule has 0 amide bonds. The highest BCUT2D eigenvalue weighted by Crippen LogP contribution is 2.39. The maximum Gasteiger partial charge on any atom is 0.218 e. The number of fused-ring (bicyclic) bond motifs is 1. The van der Waals surface area contributed by atoms with Gasteiger partial charge in [-0.3, -0.25) is 0 Å². The van der Waals surface area contributed by atoms with Crippen molar-refractivity contribution in [2.45, 2.75) is 4.87 Å². The molecule has 1 atom stereocenters. The van der Waals surface area contributed by atoms with Crippen LogP contribution < -0.4 is 4.74 Å². The summed E-state index contributed by atoms with van der Waals surface area (Å²) in [5.41, 5.74) is 1.62. The van der Waals surface area contributed by atoms with Gasteiger partial charge in [0, 0.05) is 0 Å². The standard InChI is InChI=1S/C16H14ClNO2/c1-19-15-16(17,12-7-3-2-4-8-12)11-20-14-10-6-5-9-13(14)18-15/h2-10H,11H2,1H3. The van der Waals surface area contributed by atoms with Crippen molar-refractivity contribution in [2.24, 2.45) is 4.99 Å². The van der Waals surface area contributed by atoms with Crippen LogP contribution in [0.25, 0.3) is 0 Å². The van der Waals surface area contributed by atoms with Crippen molar-refractivity contribution in [1.82, 2.24) is 0 Å². The second-order valence-corrected chi connectivity index (χ2v) is 5.19. The Labute approximate surface area is 122 Å². The fourth-order valence-electron chi connectivity index (χ4n) is 2.23. The van der Waals surface area contributed by atoms with Gasteiger partial charge in [0.05, 0.1) is 7.11 Å². The largest absolute Gasteiger partial charge is 0.489 e. The summed E-state index contributed by atoms with van der Waals surface area (Å²) in [6, 6.07) is 17.3. The zero-order chi connectivity index (χ0) is 14.0. The average molecular weight is 288 g/mol. The van der Waals surface area contributed by atoms with Gasteiger partial charge < -0.3 is 9.47 Å². The maximum atomic E-state index is 6.78. The van der Waals surface area contributed by atoms with Gasteiger partial charge in [0.1, 0.15) is 18.0 Å². The maximum absolute atomic E-state index is 6.78. The van der Waals surface area contributed by atoms with Crippen molar-refractivity contribution in [1.29, 1.82) is 0 Å². The summed E-state index contributed by atoms with van der Waals surface area (Å²) in [5, 5.41) is 0. The lowest BCUT2D eigenvalue weighted by molar-refractivity contribution is 0.279. The first-order valence-electron chi connectivity index (χ1n) is 6.33. The summed E-state index contributed by atoms with van der Waals surface area (Å²) in [5.74, 6) is 1.15. The lowest BCUT2D eigenvalue weighted by Gasteiger charge is -2.25. The number of para-hydroxylation sites is 2. The lowest BCUT2D eigenvalue weighted by Crippen LogP contribution is -2.36. The molecule has 4 heteroatoms. The van der Waals surface area contributed by atoms with Gasteiger partial charge in [-0.1, -0.05) is 54.1 Å². The van der Waals surface area contributed by atoms with Crippen molar-refractivity contribution in [3.63, 3.8) is 0 Å². The summed E-state index contributed by atoms with van der Waals surface area (Å²) in [6.45, 7) is 0.266. The SMILES string of the molecule is COC1=Nc2ccccc2OCC1(Cl)c1ccccc1. The van der Waals surface area contributed by atoms with Crippen LogP contribution in [-0.4, -0.2) is 19.6 Å². The minimum absolute atomic E-state index is 0.266. The summed E-state index contributed by atoms with van der Waals surface area (Å²) in [6.07, 6.45) is 0. The topological polar surface area (TPSA) is 30.8 Å². The highest BCUT2D eigenvalue weighted by molar-refractivity contribution is 6.35. The highest BCUT2D eigenvalue weighted by Gasteiger charge is 2.40. The van der Waals surface area contributed by atoms with Gasteiger partial charge in [-0.05, 0) is 17.7 Å². The molecule has 1 unspecified atom stereocenters. The van der Waals surface area contributed by atoms with Crippen molar-refractivity contribution in [3.8, 4) is 5.75 Å². The molecule has 0 saturated carbocycles. The van der Waals surface area contributed by atoms with Crippen molar-refractivity contribution in [3.05, 3.63) is 60.2 Å². The molecule has 2 aromatic rings. The molecule has 3 nitrogen and oxygen atoms in total. The molecule has 2 aromatic carbocycles. The van der Waals surface area contributed by atoms with Gasteiger partial charge in [0.15, 0.2) is 4.87 Å². The van der Waals surface area contributed by atoms with E-state index in [-0.39, 0.29) is 6.61 Å². The second kappa shape index (κ2) is 5.17. The van der Waals surface area contributed by atoms with Crippen LogP contribution >= 0.6 is 11.6 Å². The van der Waals surface area contributed by atoms with E-state index in [1.165, 1.54) is 0 Å². The van der Waals surface area contributed by atoms with E-state index in [9.17, 15) is 0 Å². The Morgan fingerprint density at radius 1 is 1.10 bits per heavy atom. The predicted octanol–water partition coefficient (Wildman–Crippen LogP) is 3.89. The molecule has 3 rings (SSSR count). The van der Waals surface area contributed by atoms with Crippen LogP contribution in [0.5, 0.6) is 5.75 Å². The molecule has 0 aliphatic carbocycles. The molecule has 0 fully saturated rings. The Hall–Kier alpha value is -2.00. The van der Waals surface area contributed by atoms with E-state index >= 15 is 0 Å². The zero-order valence-electron chi connectivity index (χ0n) is 11.0. The molecule has 1 heterocycles. The molecule has 0 N–H and O–H groups in total. The second-order valence-electron chi connectivity index (χ2n) is 4.54. The Morgan fingerprint density at radius 3 is 2.55 bits per heavy atom. The fraction of sp³-hybridized carbons (Fsp3) is 0.188. The van der Waals surface area contributed by atoms with Crippen LogP contribution in [0.1, 0.15) is 5.56 Å². The Bertz CT molecular complexity index is 642. The van der Waals surface area contributed by atoms with E-state index in [1.54, 1.807) is 7.11 Å². The van der Waals surface area contributed by atoms with Crippen LogP contribution in [0.15, 0.2) is 59.6 Å². The first-order valence-corrected chi connectivity index (χ1v) is 6.71. The third-order valence-electron chi connectivity index (χ3n) is 3.28. The average Bonchev–Trinajstić information content (AvgIpc) is 2.66. The number of aliphatic imine (C=N–C) groups is 1. The Kier molecular flexibility index (Phi) is 3.36. The number of nitrogens with zero attached hydrogens (tertiary/aromatic N) is 1. The quantitative estimate of drug-likeness (QED) is 0.745. The van der Waals surface area contributed by atoms with Crippen LogP contribution in [0, 0.1) is 0 Å². The number of halogens is 1. The molecule has 0 saturated heterocycles. The fourth-order valence-corrected chi connectivity index (χ4v) is 2.53. The van der Waals surface area contributed by atoms with Crippen molar-refractivity contribution < 1.29 is 9.47 Å². The van der Waals surface area contributed by atoms with Gasteiger partial charge >= 0.3 is 0 Å². The van der Waals surface area contributed by atoms with Crippen LogP contribution in [0.4, 0.5) is 5.69 Å². The van der Waals surface area contributed by atoms with Crippen molar-refractivity contribution in [2.75, 3.05) is 13.7 Å². The van der Waals surface area contributed by atoms with Gasteiger partial charge in [-0.25, -0.2) is 4.99 Å². The number of alkyl halides is 1. The number of hydrogen-bond donors (Lipinski definition) is 0. The highest BCUT2D eigenvalue weighted by atomic mass is 35.5. The van der Waals surface area contributed by atoms with Gasteiger partial charge in [-0.2, -0.15) is 0 Å². The first kappa shape index (κ1) is 13.0. The van der Waals surface area contributed by atoms with E-state index in [0.29, 0.717) is 11.6 Å². The number of hydrogen-bond acceptors (Lipinski definition) is 3. The van der Waals surface area contributed by atoms with E-state index in [1.807, 2.05) is 54.6 Å². The van der Waals surface area contributed by atoms with E-state index in [4.69, 9.17) is 21.1 Å². The van der Waals surface area contributed by atoms with Crippen LogP contribution in [0.3, 0.4) is 0 Å². The molecule has 0 radical (unpaired) electrons. The molecule has 0 aromatic heterocycles. The van der Waals surface area contributed by atoms with Crippen molar-refractivity contribution >= 4 is 23.2 Å². The summed E-state index contributed by atoms with van der Waals surface area (Å²) >= 11 is 6.78. The molecule has 1 aliphatic heterocycles. The number of rotatable bonds is 1. The smallest absolute Gasteiger partial charge is 0.218 e. The third kappa shape index (κ3) is 2.14. The normalized spacial score (nSPS) is 21.2. The van der Waals surface area contributed by atoms with Gasteiger partial charge in [0.2, 0.25) is 5.90 Å². The molecule has 0 spiro atoms. The number of ether oxygens (including phenoxy) is 2. The molecule has 0 bridgehead atoms. The summed E-state index contributed by atoms with van der Waals surface area (Å²) in [4.78, 5) is 3.60. The number of benzene rings is 2. The Morgan fingerprint density at radius 2 is 1.80 bits per heavy atom. The van der Waals surface area contributed by atoms with Gasteiger partial charge in [0.25, 0.3) is 0 Å². The molecular formula is C16H14ClNO2. The molecular weight excluding hydrogens is 274 g/mol. The van der Waals surface area contributed by atoms with E-state index in [2.05, 4.69) is 4.99 Å². The van der Waals surface area contributed by atoms with Gasteiger partial charge in [-0.15, -0.1) is 0 Å². The zero-order valence-corrected chi connectivity index (χ0v) is 11.8. The molecule has 20 heavy (non-hydrogen) atoms. The lowest BCUT2D eigenvalue weighted by atomic mass is 9.99. The van der Waals surface area contributed by atoms with E-state index in [0.717, 1.165) is 11.3 Å². The Balaban J connectivity index is 2.11. The molecule has 102 valence electrons. The van der Waals surface area contributed by atoms with E-state index < -0.39 is 4.87 Å².